The number of hydrogen-bond acceptors (Lipinski definition) is 4. The van der Waals surface area contributed by atoms with E-state index in [1.165, 1.54) is 0 Å². The molecule has 3 aromatic carbocycles. The van der Waals surface area contributed by atoms with Crippen molar-refractivity contribution < 1.29 is 14.8 Å². The molecule has 1 aliphatic rings. The summed E-state index contributed by atoms with van der Waals surface area (Å²) in [6.45, 7) is 0. The Morgan fingerprint density at radius 1 is 0.739 bits per heavy atom. The summed E-state index contributed by atoms with van der Waals surface area (Å²) in [5, 5.41) is 18.9. The summed E-state index contributed by atoms with van der Waals surface area (Å²) < 4.78 is 5.97. The lowest BCUT2D eigenvalue weighted by Crippen LogP contribution is -2.30. The van der Waals surface area contributed by atoms with E-state index in [9.17, 15) is 10.0 Å². The third kappa shape index (κ3) is 2.36. The zero-order chi connectivity index (χ0) is 15.8. The number of rotatable bonds is 2. The monoisotopic (exact) mass is 303 g/mol. The number of ether oxygens (including phenoxy) is 1. The Balaban J connectivity index is 1.93. The molecule has 2 N–H and O–H groups in total. The lowest BCUT2D eigenvalue weighted by Gasteiger charge is -2.32. The summed E-state index contributed by atoms with van der Waals surface area (Å²) >= 11 is 0. The molecule has 4 rings (SSSR count). The molecule has 0 radical (unpaired) electrons. The molecule has 0 aliphatic carbocycles. The first kappa shape index (κ1) is 13.9. The van der Waals surface area contributed by atoms with E-state index in [-0.39, 0.29) is 0 Å². The van der Waals surface area contributed by atoms with Gasteiger partial charge in [0.1, 0.15) is 0 Å². The minimum atomic E-state index is -1.50. The standard InChI is InChI=1S/C18H14BNO3/c21-19(22)13-6-5-7-14(12-13)20-15-8-1-3-10-17(15)23-18-11-4-2-9-16(18)20/h1-12,21-22H. The van der Waals surface area contributed by atoms with Gasteiger partial charge in [-0.25, -0.2) is 0 Å². The Morgan fingerprint density at radius 2 is 1.35 bits per heavy atom. The first-order chi connectivity index (χ1) is 11.2. The normalized spacial score (nSPS) is 12.2. The van der Waals surface area contributed by atoms with Gasteiger partial charge in [0.25, 0.3) is 0 Å². The van der Waals surface area contributed by atoms with Crippen LogP contribution in [0.4, 0.5) is 17.1 Å². The molecular weight excluding hydrogens is 289 g/mol. The highest BCUT2D eigenvalue weighted by Gasteiger charge is 2.25. The summed E-state index contributed by atoms with van der Waals surface area (Å²) in [6, 6.07) is 22.8. The number of hydrogen-bond donors (Lipinski definition) is 2. The van der Waals surface area contributed by atoms with Crippen molar-refractivity contribution in [2.24, 2.45) is 0 Å². The molecule has 3 aromatic rings. The average Bonchev–Trinajstić information content (AvgIpc) is 2.59. The molecule has 1 aliphatic heterocycles. The van der Waals surface area contributed by atoms with E-state index in [0.717, 1.165) is 28.6 Å². The maximum absolute atomic E-state index is 9.45. The number of benzene rings is 3. The van der Waals surface area contributed by atoms with Crippen LogP contribution in [0.2, 0.25) is 0 Å². The predicted molar refractivity (Wildman–Crippen MR) is 91.0 cm³/mol. The summed E-state index contributed by atoms with van der Waals surface area (Å²) in [5.41, 5.74) is 3.12. The van der Waals surface area contributed by atoms with Crippen LogP contribution in [0.3, 0.4) is 0 Å². The molecule has 0 aromatic heterocycles. The van der Waals surface area contributed by atoms with Crippen molar-refractivity contribution in [3.05, 3.63) is 72.8 Å². The van der Waals surface area contributed by atoms with Gasteiger partial charge in [-0.05, 0) is 41.9 Å². The van der Waals surface area contributed by atoms with Crippen LogP contribution in [0, 0.1) is 0 Å². The highest BCUT2D eigenvalue weighted by molar-refractivity contribution is 6.58. The van der Waals surface area contributed by atoms with E-state index in [2.05, 4.69) is 4.90 Å². The maximum Gasteiger partial charge on any atom is 0.488 e. The maximum atomic E-state index is 9.45. The average molecular weight is 303 g/mol. The molecule has 0 saturated carbocycles. The van der Waals surface area contributed by atoms with Crippen molar-refractivity contribution in [2.45, 2.75) is 0 Å². The van der Waals surface area contributed by atoms with Crippen LogP contribution in [0.1, 0.15) is 0 Å². The van der Waals surface area contributed by atoms with Gasteiger partial charge < -0.3 is 19.7 Å². The Labute approximate surface area is 134 Å². The van der Waals surface area contributed by atoms with E-state index in [1.54, 1.807) is 12.1 Å². The molecular formula is C18H14BNO3. The minimum Gasteiger partial charge on any atom is -0.453 e. The molecule has 0 saturated heterocycles. The SMILES string of the molecule is OB(O)c1cccc(N2c3ccccc3Oc3ccccc32)c1. The molecule has 1 heterocycles. The fraction of sp³-hybridized carbons (Fsp3) is 0. The van der Waals surface area contributed by atoms with Crippen LogP contribution in [0.25, 0.3) is 0 Å². The third-order valence-electron chi connectivity index (χ3n) is 3.86. The second-order valence-corrected chi connectivity index (χ2v) is 5.34. The molecule has 112 valence electrons. The smallest absolute Gasteiger partial charge is 0.453 e. The molecule has 0 fully saturated rings. The Bertz CT molecular complexity index is 821. The zero-order valence-corrected chi connectivity index (χ0v) is 12.3. The lowest BCUT2D eigenvalue weighted by atomic mass is 9.80. The van der Waals surface area contributed by atoms with Gasteiger partial charge in [-0.15, -0.1) is 0 Å². The van der Waals surface area contributed by atoms with Crippen molar-refractivity contribution in [2.75, 3.05) is 4.90 Å². The van der Waals surface area contributed by atoms with Gasteiger partial charge in [-0.2, -0.15) is 0 Å². The van der Waals surface area contributed by atoms with Gasteiger partial charge in [0.05, 0.1) is 11.4 Å². The molecule has 4 nitrogen and oxygen atoms in total. The van der Waals surface area contributed by atoms with Crippen molar-refractivity contribution in [3.8, 4) is 11.5 Å². The number of fused-ring (bicyclic) bond motifs is 2. The van der Waals surface area contributed by atoms with Gasteiger partial charge in [0, 0.05) is 5.69 Å². The lowest BCUT2D eigenvalue weighted by molar-refractivity contribution is 0.426. The van der Waals surface area contributed by atoms with E-state index in [1.807, 2.05) is 60.7 Å². The second kappa shape index (κ2) is 5.46. The number of nitrogens with zero attached hydrogens (tertiary/aromatic N) is 1. The number of anilines is 3. The van der Waals surface area contributed by atoms with Crippen LogP contribution in [0.5, 0.6) is 11.5 Å². The van der Waals surface area contributed by atoms with Crippen LogP contribution < -0.4 is 15.1 Å². The summed E-state index contributed by atoms with van der Waals surface area (Å²) in [6.07, 6.45) is 0. The predicted octanol–water partition coefficient (Wildman–Crippen LogP) is 2.94. The highest BCUT2D eigenvalue weighted by Crippen LogP contribution is 2.49. The highest BCUT2D eigenvalue weighted by atomic mass is 16.5. The van der Waals surface area contributed by atoms with E-state index < -0.39 is 7.12 Å². The number of para-hydroxylation sites is 4. The molecule has 0 bridgehead atoms. The molecule has 0 unspecified atom stereocenters. The van der Waals surface area contributed by atoms with Gasteiger partial charge >= 0.3 is 7.12 Å². The quantitative estimate of drug-likeness (QED) is 0.559. The van der Waals surface area contributed by atoms with Crippen molar-refractivity contribution >= 4 is 29.6 Å². The van der Waals surface area contributed by atoms with Gasteiger partial charge in [-0.1, -0.05) is 36.4 Å². The first-order valence-electron chi connectivity index (χ1n) is 7.36. The fourth-order valence-electron chi connectivity index (χ4n) is 2.81. The molecule has 23 heavy (non-hydrogen) atoms. The molecule has 0 amide bonds. The summed E-state index contributed by atoms with van der Waals surface area (Å²) in [5.74, 6) is 1.53. The van der Waals surface area contributed by atoms with Crippen molar-refractivity contribution in [1.29, 1.82) is 0 Å². The van der Waals surface area contributed by atoms with Crippen LogP contribution in [-0.2, 0) is 0 Å². The van der Waals surface area contributed by atoms with Gasteiger partial charge in [-0.3, -0.25) is 0 Å². The van der Waals surface area contributed by atoms with Crippen LogP contribution in [-0.4, -0.2) is 17.2 Å². The van der Waals surface area contributed by atoms with Crippen LogP contribution in [0.15, 0.2) is 72.8 Å². The Morgan fingerprint density at radius 3 is 1.96 bits per heavy atom. The van der Waals surface area contributed by atoms with E-state index in [0.29, 0.717) is 5.46 Å². The van der Waals surface area contributed by atoms with Gasteiger partial charge in [0.2, 0.25) is 0 Å². The molecule has 0 atom stereocenters. The molecule has 0 spiro atoms. The summed E-state index contributed by atoms with van der Waals surface area (Å²) in [4.78, 5) is 2.06. The van der Waals surface area contributed by atoms with Crippen molar-refractivity contribution in [3.63, 3.8) is 0 Å². The Hall–Kier alpha value is -2.76. The first-order valence-corrected chi connectivity index (χ1v) is 7.36. The fourth-order valence-corrected chi connectivity index (χ4v) is 2.81. The Kier molecular flexibility index (Phi) is 3.30. The zero-order valence-electron chi connectivity index (χ0n) is 12.3. The second-order valence-electron chi connectivity index (χ2n) is 5.34. The largest absolute Gasteiger partial charge is 0.488 e. The summed E-state index contributed by atoms with van der Waals surface area (Å²) in [7, 11) is -1.50. The van der Waals surface area contributed by atoms with Gasteiger partial charge in [0.15, 0.2) is 11.5 Å². The minimum absolute atomic E-state index is 0.448. The van der Waals surface area contributed by atoms with Crippen LogP contribution >= 0.6 is 0 Å². The van der Waals surface area contributed by atoms with E-state index >= 15 is 0 Å². The topological polar surface area (TPSA) is 52.9 Å². The third-order valence-corrected chi connectivity index (χ3v) is 3.86. The van der Waals surface area contributed by atoms with Crippen molar-refractivity contribution in [1.82, 2.24) is 0 Å². The molecule has 5 heteroatoms. The van der Waals surface area contributed by atoms with E-state index in [4.69, 9.17) is 4.74 Å².